The fraction of sp³-hybridized carbons (Fsp3) is 0.600. The van der Waals surface area contributed by atoms with Crippen molar-refractivity contribution in [3.63, 3.8) is 0 Å². The number of rotatable bonds is 2. The lowest BCUT2D eigenvalue weighted by Crippen LogP contribution is -2.42. The first-order valence-corrected chi connectivity index (χ1v) is 9.45. The van der Waals surface area contributed by atoms with Crippen molar-refractivity contribution in [3.8, 4) is 0 Å². The molecular weight excluding hydrogens is 294 g/mol. The number of halogens is 1. The number of thioether (sulfide) groups is 2. The van der Waals surface area contributed by atoms with E-state index in [9.17, 15) is 0 Å². The number of hydrogen-bond donors (Lipinski definition) is 1. The third-order valence-corrected chi connectivity index (χ3v) is 6.77. The van der Waals surface area contributed by atoms with Gasteiger partial charge < -0.3 is 5.32 Å². The Bertz CT molecular complexity index is 452. The van der Waals surface area contributed by atoms with Crippen molar-refractivity contribution in [1.29, 1.82) is 0 Å². The number of hydrogen-bond acceptors (Lipinski definition) is 3. The zero-order chi connectivity index (χ0) is 13.2. The molecular formula is C15H20ClNS2. The first-order valence-electron chi connectivity index (χ1n) is 7.04. The smallest absolute Gasteiger partial charge is 0.0410 e. The summed E-state index contributed by atoms with van der Waals surface area (Å²) in [6, 6.07) is 7.48. The molecule has 0 amide bonds. The summed E-state index contributed by atoms with van der Waals surface area (Å²) in [5.74, 6) is 2.53. The van der Waals surface area contributed by atoms with Gasteiger partial charge in [-0.25, -0.2) is 0 Å². The van der Waals surface area contributed by atoms with Gasteiger partial charge in [0.1, 0.15) is 0 Å². The maximum Gasteiger partial charge on any atom is 0.0410 e. The highest BCUT2D eigenvalue weighted by Crippen LogP contribution is 2.38. The van der Waals surface area contributed by atoms with Crippen LogP contribution in [0.3, 0.4) is 0 Å². The van der Waals surface area contributed by atoms with Gasteiger partial charge >= 0.3 is 0 Å². The van der Waals surface area contributed by atoms with Gasteiger partial charge in [-0.1, -0.05) is 18.5 Å². The van der Waals surface area contributed by atoms with Crippen LogP contribution >= 0.6 is 35.1 Å². The topological polar surface area (TPSA) is 12.0 Å². The molecule has 3 rings (SSSR count). The quantitative estimate of drug-likeness (QED) is 0.846. The van der Waals surface area contributed by atoms with Crippen LogP contribution < -0.4 is 5.32 Å². The van der Waals surface area contributed by atoms with E-state index in [2.05, 4.69) is 36.1 Å². The van der Waals surface area contributed by atoms with Crippen molar-refractivity contribution in [1.82, 2.24) is 5.32 Å². The van der Waals surface area contributed by atoms with E-state index in [1.54, 1.807) is 0 Å². The lowest BCUT2D eigenvalue weighted by atomic mass is 10.00. The Morgan fingerprint density at radius 3 is 3.00 bits per heavy atom. The molecule has 2 aliphatic rings. The average Bonchev–Trinajstić information content (AvgIpc) is 2.42. The predicted octanol–water partition coefficient (Wildman–Crippen LogP) is 4.75. The summed E-state index contributed by atoms with van der Waals surface area (Å²) in [6.07, 6.45) is 3.87. The third-order valence-electron chi connectivity index (χ3n) is 4.03. The molecule has 0 bridgehead atoms. The van der Waals surface area contributed by atoms with E-state index in [1.807, 2.05) is 17.8 Å². The van der Waals surface area contributed by atoms with Gasteiger partial charge in [0.05, 0.1) is 0 Å². The Hall–Kier alpha value is 0.170. The second-order valence-corrected chi connectivity index (χ2v) is 8.42. The molecule has 104 valence electrons. The van der Waals surface area contributed by atoms with Gasteiger partial charge in [0.2, 0.25) is 0 Å². The molecule has 0 aliphatic carbocycles. The van der Waals surface area contributed by atoms with Crippen molar-refractivity contribution in [2.75, 3.05) is 11.5 Å². The summed E-state index contributed by atoms with van der Waals surface area (Å²) >= 11 is 10.2. The van der Waals surface area contributed by atoms with E-state index >= 15 is 0 Å². The van der Waals surface area contributed by atoms with Gasteiger partial charge in [-0.2, -0.15) is 11.8 Å². The van der Waals surface area contributed by atoms with Crippen LogP contribution in [0.4, 0.5) is 0 Å². The largest absolute Gasteiger partial charge is 0.306 e. The predicted molar refractivity (Wildman–Crippen MR) is 87.6 cm³/mol. The molecule has 3 atom stereocenters. The summed E-state index contributed by atoms with van der Waals surface area (Å²) in [5, 5.41) is 5.49. The molecule has 1 aromatic rings. The summed E-state index contributed by atoms with van der Waals surface area (Å²) in [4.78, 5) is 1.41. The van der Waals surface area contributed by atoms with E-state index < -0.39 is 0 Å². The van der Waals surface area contributed by atoms with Crippen molar-refractivity contribution in [2.45, 2.75) is 48.4 Å². The molecule has 2 heterocycles. The molecule has 1 aromatic carbocycles. The van der Waals surface area contributed by atoms with Gasteiger partial charge in [0, 0.05) is 27.3 Å². The summed E-state index contributed by atoms with van der Waals surface area (Å²) in [7, 11) is 0. The van der Waals surface area contributed by atoms with E-state index in [-0.39, 0.29) is 0 Å². The normalized spacial score (nSPS) is 30.9. The molecule has 0 spiro atoms. The van der Waals surface area contributed by atoms with Gasteiger partial charge in [-0.15, -0.1) is 11.8 Å². The molecule has 1 nitrogen and oxygen atoms in total. The Balaban J connectivity index is 1.77. The fourth-order valence-corrected chi connectivity index (χ4v) is 5.38. The Morgan fingerprint density at radius 1 is 1.26 bits per heavy atom. The van der Waals surface area contributed by atoms with Crippen molar-refractivity contribution < 1.29 is 0 Å². The summed E-state index contributed by atoms with van der Waals surface area (Å²) < 4.78 is 0. The first-order chi connectivity index (χ1) is 9.24. The minimum atomic E-state index is 0.487. The first kappa shape index (κ1) is 14.1. The minimum absolute atomic E-state index is 0.487. The zero-order valence-corrected chi connectivity index (χ0v) is 13.6. The molecule has 0 radical (unpaired) electrons. The van der Waals surface area contributed by atoms with Crippen LogP contribution in [0.15, 0.2) is 23.1 Å². The molecule has 0 aromatic heterocycles. The molecule has 19 heavy (non-hydrogen) atoms. The second-order valence-electron chi connectivity index (χ2n) is 5.36. The summed E-state index contributed by atoms with van der Waals surface area (Å²) in [5.41, 5.74) is 1.41. The van der Waals surface area contributed by atoms with Crippen LogP contribution in [0, 0.1) is 0 Å². The molecule has 4 heteroatoms. The zero-order valence-electron chi connectivity index (χ0n) is 11.2. The highest BCUT2D eigenvalue weighted by molar-refractivity contribution is 8.00. The number of benzene rings is 1. The van der Waals surface area contributed by atoms with Crippen molar-refractivity contribution >= 4 is 35.1 Å². The van der Waals surface area contributed by atoms with Crippen LogP contribution in [0.2, 0.25) is 5.02 Å². The van der Waals surface area contributed by atoms with Crippen molar-refractivity contribution in [3.05, 3.63) is 28.8 Å². The van der Waals surface area contributed by atoms with E-state index in [0.717, 1.165) is 10.3 Å². The van der Waals surface area contributed by atoms with Crippen LogP contribution in [0.5, 0.6) is 0 Å². The Labute approximate surface area is 129 Å². The molecule has 1 saturated heterocycles. The maximum absolute atomic E-state index is 6.17. The van der Waals surface area contributed by atoms with Gasteiger partial charge in [-0.05, 0) is 54.5 Å². The van der Waals surface area contributed by atoms with Crippen LogP contribution in [0.25, 0.3) is 0 Å². The van der Waals surface area contributed by atoms with Crippen molar-refractivity contribution in [2.24, 2.45) is 0 Å². The highest BCUT2D eigenvalue weighted by Gasteiger charge is 2.27. The van der Waals surface area contributed by atoms with Gasteiger partial charge in [-0.3, -0.25) is 0 Å². The van der Waals surface area contributed by atoms with Crippen LogP contribution in [0.1, 0.15) is 37.8 Å². The minimum Gasteiger partial charge on any atom is -0.306 e. The third kappa shape index (κ3) is 3.26. The average molecular weight is 314 g/mol. The standard InChI is InChI=1S/C15H20ClNS2/c1-10-13(3-2-7-18-10)17-14-6-8-19-15-5-4-11(16)9-12(14)15/h4-5,9-10,13-14,17H,2-3,6-8H2,1H3. The molecule has 3 unspecified atom stereocenters. The molecule has 1 fully saturated rings. The number of fused-ring (bicyclic) bond motifs is 1. The second kappa shape index (κ2) is 6.30. The lowest BCUT2D eigenvalue weighted by molar-refractivity contribution is 0.391. The maximum atomic E-state index is 6.17. The number of nitrogens with one attached hydrogen (secondary N) is 1. The lowest BCUT2D eigenvalue weighted by Gasteiger charge is -2.35. The molecule has 2 aliphatic heterocycles. The molecule has 1 N–H and O–H groups in total. The fourth-order valence-electron chi connectivity index (χ4n) is 2.94. The van der Waals surface area contributed by atoms with E-state index in [4.69, 9.17) is 11.6 Å². The monoisotopic (exact) mass is 313 g/mol. The van der Waals surface area contributed by atoms with Crippen LogP contribution in [-0.4, -0.2) is 22.8 Å². The Kier molecular flexibility index (Phi) is 4.68. The van der Waals surface area contributed by atoms with Gasteiger partial charge in [0.25, 0.3) is 0 Å². The Morgan fingerprint density at radius 2 is 2.16 bits per heavy atom. The van der Waals surface area contributed by atoms with E-state index in [1.165, 1.54) is 41.2 Å². The highest BCUT2D eigenvalue weighted by atomic mass is 35.5. The SMILES string of the molecule is CC1SCCCC1NC1CCSc2ccc(Cl)cc21. The summed E-state index contributed by atoms with van der Waals surface area (Å²) in [6.45, 7) is 2.36. The van der Waals surface area contributed by atoms with E-state index in [0.29, 0.717) is 12.1 Å². The molecule has 0 saturated carbocycles. The van der Waals surface area contributed by atoms with Crippen LogP contribution in [-0.2, 0) is 0 Å². The van der Waals surface area contributed by atoms with Gasteiger partial charge in [0.15, 0.2) is 0 Å².